The zero-order valence-electron chi connectivity index (χ0n) is 15.6. The molecule has 142 valence electrons. The number of nitrogens with one attached hydrogen (secondary N) is 2. The molecule has 4 nitrogen and oxygen atoms in total. The smallest absolute Gasteiger partial charge is 0.170 e. The molecule has 0 fully saturated rings. The lowest BCUT2D eigenvalue weighted by molar-refractivity contribution is 0.251. The number of benzene rings is 2. The van der Waals surface area contributed by atoms with E-state index >= 15 is 0 Å². The van der Waals surface area contributed by atoms with Crippen molar-refractivity contribution in [3.05, 3.63) is 72.3 Å². The zero-order chi connectivity index (χ0) is 18.9. The number of ether oxygens (including phenoxy) is 1. The Bertz CT molecular complexity index is 778. The summed E-state index contributed by atoms with van der Waals surface area (Å²) < 4.78 is 5.54. The van der Waals surface area contributed by atoms with Crippen LogP contribution in [0.25, 0.3) is 0 Å². The molecule has 1 aliphatic rings. The lowest BCUT2D eigenvalue weighted by Crippen LogP contribution is -2.34. The van der Waals surface area contributed by atoms with E-state index in [4.69, 9.17) is 17.0 Å². The topological polar surface area (TPSA) is 36.5 Å². The normalized spacial score (nSPS) is 13.5. The summed E-state index contributed by atoms with van der Waals surface area (Å²) in [6, 6.07) is 16.5. The highest BCUT2D eigenvalue weighted by Gasteiger charge is 2.14. The lowest BCUT2D eigenvalue weighted by Gasteiger charge is -2.28. The minimum atomic E-state index is 0.493. The first-order valence-electron chi connectivity index (χ1n) is 9.42. The van der Waals surface area contributed by atoms with E-state index in [1.54, 1.807) is 6.08 Å². The van der Waals surface area contributed by atoms with Crippen molar-refractivity contribution < 1.29 is 4.74 Å². The van der Waals surface area contributed by atoms with E-state index in [2.05, 4.69) is 46.4 Å². The number of rotatable bonds is 8. The molecule has 5 heteroatoms. The predicted molar refractivity (Wildman–Crippen MR) is 116 cm³/mol. The third kappa shape index (κ3) is 6.08. The largest absolute Gasteiger partial charge is 0.489 e. The maximum Gasteiger partial charge on any atom is 0.170 e. The number of anilines is 1. The summed E-state index contributed by atoms with van der Waals surface area (Å²) in [6.45, 7) is 8.28. The van der Waals surface area contributed by atoms with E-state index < -0.39 is 0 Å². The van der Waals surface area contributed by atoms with Crippen molar-refractivity contribution in [1.82, 2.24) is 10.2 Å². The molecule has 2 N–H and O–H groups in total. The van der Waals surface area contributed by atoms with Crippen LogP contribution in [-0.2, 0) is 13.0 Å². The molecule has 0 aromatic heterocycles. The minimum Gasteiger partial charge on any atom is -0.489 e. The highest BCUT2D eigenvalue weighted by Crippen LogP contribution is 2.19. The molecule has 0 aliphatic carbocycles. The van der Waals surface area contributed by atoms with E-state index in [0.29, 0.717) is 11.7 Å². The molecule has 0 spiro atoms. The van der Waals surface area contributed by atoms with Gasteiger partial charge in [-0.15, -0.1) is 0 Å². The molecule has 0 saturated carbocycles. The second-order valence-corrected chi connectivity index (χ2v) is 7.07. The average Bonchev–Trinajstić information content (AvgIpc) is 2.70. The van der Waals surface area contributed by atoms with Gasteiger partial charge in [-0.1, -0.05) is 43.0 Å². The SMILES string of the molecule is C=CCOc1cccc(NC(=S)NCCCN2CCc3ccccc3C2)c1. The van der Waals surface area contributed by atoms with Gasteiger partial charge >= 0.3 is 0 Å². The fourth-order valence-electron chi connectivity index (χ4n) is 3.24. The first-order valence-corrected chi connectivity index (χ1v) is 9.83. The summed E-state index contributed by atoms with van der Waals surface area (Å²) in [4.78, 5) is 2.51. The van der Waals surface area contributed by atoms with Crippen LogP contribution >= 0.6 is 12.2 Å². The molecule has 0 amide bonds. The number of hydrogen-bond donors (Lipinski definition) is 2. The van der Waals surface area contributed by atoms with Gasteiger partial charge in [0, 0.05) is 37.9 Å². The maximum absolute atomic E-state index is 5.54. The standard InChI is InChI=1S/C22H27N3OS/c1-2-15-26-21-10-5-9-20(16-21)24-22(27)23-12-6-13-25-14-11-18-7-3-4-8-19(18)17-25/h2-5,7-10,16H,1,6,11-15,17H2,(H2,23,24,27). The Morgan fingerprint density at radius 1 is 1.19 bits per heavy atom. The van der Waals surface area contributed by atoms with Crippen LogP contribution in [0.4, 0.5) is 5.69 Å². The van der Waals surface area contributed by atoms with Crippen molar-refractivity contribution in [2.24, 2.45) is 0 Å². The second kappa shape index (κ2) is 10.1. The van der Waals surface area contributed by atoms with E-state index in [1.807, 2.05) is 24.3 Å². The number of fused-ring (bicyclic) bond motifs is 1. The van der Waals surface area contributed by atoms with Gasteiger partial charge in [-0.05, 0) is 48.3 Å². The Hall–Kier alpha value is -2.37. The Morgan fingerprint density at radius 2 is 2.04 bits per heavy atom. The van der Waals surface area contributed by atoms with Crippen molar-refractivity contribution in [1.29, 1.82) is 0 Å². The number of nitrogens with zero attached hydrogens (tertiary/aromatic N) is 1. The fourth-order valence-corrected chi connectivity index (χ4v) is 3.46. The molecule has 0 bridgehead atoms. The van der Waals surface area contributed by atoms with Crippen molar-refractivity contribution in [2.45, 2.75) is 19.4 Å². The average molecular weight is 382 g/mol. The monoisotopic (exact) mass is 381 g/mol. The van der Waals surface area contributed by atoms with E-state index in [0.717, 1.165) is 50.5 Å². The Labute approximate surface area is 167 Å². The minimum absolute atomic E-state index is 0.493. The molecule has 2 aromatic rings. The molecule has 0 saturated heterocycles. The van der Waals surface area contributed by atoms with Gasteiger partial charge in [0.05, 0.1) is 0 Å². The highest BCUT2D eigenvalue weighted by molar-refractivity contribution is 7.80. The predicted octanol–water partition coefficient (Wildman–Crippen LogP) is 3.99. The van der Waals surface area contributed by atoms with Crippen LogP contribution in [0.3, 0.4) is 0 Å². The van der Waals surface area contributed by atoms with Crippen LogP contribution in [-0.4, -0.2) is 36.3 Å². The molecule has 0 radical (unpaired) electrons. The summed E-state index contributed by atoms with van der Waals surface area (Å²) >= 11 is 5.40. The Kier molecular flexibility index (Phi) is 7.25. The van der Waals surface area contributed by atoms with Crippen LogP contribution in [0.2, 0.25) is 0 Å². The van der Waals surface area contributed by atoms with Crippen LogP contribution in [0.5, 0.6) is 5.75 Å². The van der Waals surface area contributed by atoms with Crippen molar-refractivity contribution in [3.63, 3.8) is 0 Å². The quantitative estimate of drug-likeness (QED) is 0.411. The number of hydrogen-bond acceptors (Lipinski definition) is 3. The van der Waals surface area contributed by atoms with Gasteiger partial charge in [-0.25, -0.2) is 0 Å². The van der Waals surface area contributed by atoms with Gasteiger partial charge in [0.25, 0.3) is 0 Å². The molecule has 27 heavy (non-hydrogen) atoms. The molecular weight excluding hydrogens is 354 g/mol. The third-order valence-electron chi connectivity index (χ3n) is 4.61. The van der Waals surface area contributed by atoms with Crippen molar-refractivity contribution >= 4 is 23.0 Å². The zero-order valence-corrected chi connectivity index (χ0v) is 16.4. The van der Waals surface area contributed by atoms with E-state index in [9.17, 15) is 0 Å². The van der Waals surface area contributed by atoms with Crippen LogP contribution in [0, 0.1) is 0 Å². The van der Waals surface area contributed by atoms with Gasteiger partial charge in [-0.2, -0.15) is 0 Å². The molecular formula is C22H27N3OS. The summed E-state index contributed by atoms with van der Waals surface area (Å²) in [5, 5.41) is 7.14. The summed E-state index contributed by atoms with van der Waals surface area (Å²) in [5.41, 5.74) is 3.88. The van der Waals surface area contributed by atoms with Crippen molar-refractivity contribution in [2.75, 3.05) is 31.6 Å². The third-order valence-corrected chi connectivity index (χ3v) is 4.85. The summed E-state index contributed by atoms with van der Waals surface area (Å²) in [5.74, 6) is 0.799. The molecule has 2 aromatic carbocycles. The second-order valence-electron chi connectivity index (χ2n) is 6.66. The Balaban J connectivity index is 1.36. The molecule has 0 atom stereocenters. The number of thiocarbonyl (C=S) groups is 1. The van der Waals surface area contributed by atoms with Crippen LogP contribution in [0.15, 0.2) is 61.2 Å². The van der Waals surface area contributed by atoms with Gasteiger partial charge in [0.2, 0.25) is 0 Å². The highest BCUT2D eigenvalue weighted by atomic mass is 32.1. The first kappa shape index (κ1) is 19.4. The van der Waals surface area contributed by atoms with Gasteiger partial charge in [-0.3, -0.25) is 4.90 Å². The fraction of sp³-hybridized carbons (Fsp3) is 0.318. The Morgan fingerprint density at radius 3 is 2.89 bits per heavy atom. The molecule has 0 unspecified atom stereocenters. The van der Waals surface area contributed by atoms with Gasteiger partial charge in [0.15, 0.2) is 5.11 Å². The van der Waals surface area contributed by atoms with Crippen LogP contribution in [0.1, 0.15) is 17.5 Å². The molecule has 3 rings (SSSR count). The van der Waals surface area contributed by atoms with E-state index in [1.165, 1.54) is 11.1 Å². The molecule has 1 aliphatic heterocycles. The van der Waals surface area contributed by atoms with E-state index in [-0.39, 0.29) is 0 Å². The van der Waals surface area contributed by atoms with Gasteiger partial charge < -0.3 is 15.4 Å². The lowest BCUT2D eigenvalue weighted by atomic mass is 10.00. The van der Waals surface area contributed by atoms with Gasteiger partial charge in [0.1, 0.15) is 12.4 Å². The van der Waals surface area contributed by atoms with Crippen LogP contribution < -0.4 is 15.4 Å². The molecule has 1 heterocycles. The summed E-state index contributed by atoms with van der Waals surface area (Å²) in [6.07, 6.45) is 3.94. The van der Waals surface area contributed by atoms with Crippen molar-refractivity contribution in [3.8, 4) is 5.75 Å². The maximum atomic E-state index is 5.54. The first-order chi connectivity index (χ1) is 13.2. The summed E-state index contributed by atoms with van der Waals surface area (Å²) in [7, 11) is 0.